The molecule has 1 N–H and O–H groups in total. The Hall–Kier alpha value is -0.0900. The fourth-order valence-electron chi connectivity index (χ4n) is 2.52. The molecule has 0 saturated heterocycles. The smallest absolute Gasteiger partial charge is 0.211 e. The van der Waals surface area contributed by atoms with E-state index < -0.39 is 10.0 Å². The maximum Gasteiger partial charge on any atom is 0.211 e. The summed E-state index contributed by atoms with van der Waals surface area (Å²) in [4.78, 5) is 0. The van der Waals surface area contributed by atoms with E-state index in [1.807, 2.05) is 0 Å². The molecule has 0 aromatic heterocycles. The van der Waals surface area contributed by atoms with Gasteiger partial charge < -0.3 is 0 Å². The van der Waals surface area contributed by atoms with E-state index in [0.717, 1.165) is 19.3 Å². The van der Waals surface area contributed by atoms with E-state index in [4.69, 9.17) is 0 Å². The fraction of sp³-hybridized carbons (Fsp3) is 1.00. The first-order valence-electron chi connectivity index (χ1n) is 7.22. The van der Waals surface area contributed by atoms with Crippen LogP contribution in [0.15, 0.2) is 0 Å². The number of rotatable bonds is 5. The van der Waals surface area contributed by atoms with Gasteiger partial charge in [-0.05, 0) is 30.6 Å². The molecule has 0 aromatic rings. The summed E-state index contributed by atoms with van der Waals surface area (Å²) in [6.45, 7) is 8.43. The van der Waals surface area contributed by atoms with Crippen LogP contribution in [0.4, 0.5) is 0 Å². The Morgan fingerprint density at radius 3 is 2.44 bits per heavy atom. The molecule has 1 aliphatic rings. The Morgan fingerprint density at radius 2 is 1.89 bits per heavy atom. The average Bonchev–Trinajstić information content (AvgIpc) is 2.25. The topological polar surface area (TPSA) is 46.2 Å². The lowest BCUT2D eigenvalue weighted by atomic mass is 9.85. The van der Waals surface area contributed by atoms with Gasteiger partial charge >= 0.3 is 0 Å². The van der Waals surface area contributed by atoms with Crippen LogP contribution in [0.25, 0.3) is 0 Å². The molecule has 2 atom stereocenters. The van der Waals surface area contributed by atoms with Crippen LogP contribution in [0.3, 0.4) is 0 Å². The molecule has 1 fully saturated rings. The summed E-state index contributed by atoms with van der Waals surface area (Å²) in [5.74, 6) is 0.957. The highest BCUT2D eigenvalue weighted by molar-refractivity contribution is 7.89. The van der Waals surface area contributed by atoms with Crippen LogP contribution in [-0.4, -0.2) is 20.2 Å². The number of hydrogen-bond donors (Lipinski definition) is 1. The molecule has 1 aliphatic carbocycles. The third-order valence-electron chi connectivity index (χ3n) is 3.83. The zero-order valence-corrected chi connectivity index (χ0v) is 13.1. The first-order valence-corrected chi connectivity index (χ1v) is 8.87. The molecule has 1 saturated carbocycles. The van der Waals surface area contributed by atoms with Crippen molar-refractivity contribution in [3.05, 3.63) is 0 Å². The Labute approximate surface area is 113 Å². The van der Waals surface area contributed by atoms with Gasteiger partial charge in [0.1, 0.15) is 0 Å². The lowest BCUT2D eigenvalue weighted by molar-refractivity contribution is 0.300. The van der Waals surface area contributed by atoms with Gasteiger partial charge in [-0.1, -0.05) is 47.0 Å². The third-order valence-corrected chi connectivity index (χ3v) is 5.26. The van der Waals surface area contributed by atoms with Crippen molar-refractivity contribution in [2.45, 2.75) is 72.3 Å². The summed E-state index contributed by atoms with van der Waals surface area (Å²) in [6.07, 6.45) is 6.32. The van der Waals surface area contributed by atoms with Gasteiger partial charge in [0.2, 0.25) is 10.0 Å². The summed E-state index contributed by atoms with van der Waals surface area (Å²) in [6, 6.07) is 0.175. The van der Waals surface area contributed by atoms with Crippen molar-refractivity contribution in [1.82, 2.24) is 4.72 Å². The molecule has 0 spiro atoms. The van der Waals surface area contributed by atoms with Gasteiger partial charge in [0.05, 0.1) is 5.75 Å². The van der Waals surface area contributed by atoms with Crippen molar-refractivity contribution in [1.29, 1.82) is 0 Å². The summed E-state index contributed by atoms with van der Waals surface area (Å²) in [7, 11) is -3.10. The van der Waals surface area contributed by atoms with Crippen molar-refractivity contribution in [2.24, 2.45) is 11.3 Å². The minimum Gasteiger partial charge on any atom is -0.212 e. The van der Waals surface area contributed by atoms with Crippen LogP contribution in [0, 0.1) is 11.3 Å². The minimum absolute atomic E-state index is 0.0767. The van der Waals surface area contributed by atoms with Gasteiger partial charge in [0.15, 0.2) is 0 Å². The second-order valence-corrected chi connectivity index (χ2v) is 8.76. The summed E-state index contributed by atoms with van der Waals surface area (Å²) in [5.41, 5.74) is 0.0767. The fourth-order valence-corrected chi connectivity index (χ4v) is 4.24. The number of sulfonamides is 1. The molecule has 4 heteroatoms. The molecule has 108 valence electrons. The Kier molecular flexibility index (Phi) is 5.66. The van der Waals surface area contributed by atoms with Crippen LogP contribution in [0.1, 0.15) is 66.2 Å². The summed E-state index contributed by atoms with van der Waals surface area (Å²) < 4.78 is 27.0. The van der Waals surface area contributed by atoms with Crippen molar-refractivity contribution >= 4 is 10.0 Å². The predicted molar refractivity (Wildman–Crippen MR) is 77.0 cm³/mol. The molecule has 3 nitrogen and oxygen atoms in total. The van der Waals surface area contributed by atoms with E-state index in [1.54, 1.807) is 0 Å². The van der Waals surface area contributed by atoms with Crippen LogP contribution in [-0.2, 0) is 10.0 Å². The summed E-state index contributed by atoms with van der Waals surface area (Å²) >= 11 is 0. The molecule has 0 radical (unpaired) electrons. The van der Waals surface area contributed by atoms with E-state index in [2.05, 4.69) is 32.4 Å². The average molecular weight is 275 g/mol. The van der Waals surface area contributed by atoms with Crippen LogP contribution < -0.4 is 4.72 Å². The molecular weight excluding hydrogens is 246 g/mol. The monoisotopic (exact) mass is 275 g/mol. The minimum atomic E-state index is -3.10. The largest absolute Gasteiger partial charge is 0.212 e. The normalized spacial score (nSPS) is 26.2. The maximum absolute atomic E-state index is 12.0. The van der Waals surface area contributed by atoms with Gasteiger partial charge in [-0.15, -0.1) is 0 Å². The Bertz CT molecular complexity index is 343. The highest BCUT2D eigenvalue weighted by Gasteiger charge is 2.25. The standard InChI is InChI=1S/C14H29NO2S/c1-5-12-7-6-8-13(11-12)15-18(16,17)10-9-14(2,3)4/h12-13,15H,5-11H2,1-4H3/t12-,13-/m0/s1. The highest BCUT2D eigenvalue weighted by atomic mass is 32.2. The van der Waals surface area contributed by atoms with E-state index in [9.17, 15) is 8.42 Å². The second kappa shape index (κ2) is 6.38. The molecule has 0 heterocycles. The van der Waals surface area contributed by atoms with Gasteiger partial charge in [-0.3, -0.25) is 0 Å². The highest BCUT2D eigenvalue weighted by Crippen LogP contribution is 2.27. The second-order valence-electron chi connectivity index (χ2n) is 6.89. The van der Waals surface area contributed by atoms with E-state index >= 15 is 0 Å². The first-order chi connectivity index (χ1) is 8.22. The van der Waals surface area contributed by atoms with Crippen LogP contribution in [0.2, 0.25) is 0 Å². The van der Waals surface area contributed by atoms with Gasteiger partial charge in [0.25, 0.3) is 0 Å². The van der Waals surface area contributed by atoms with E-state index in [0.29, 0.717) is 12.3 Å². The van der Waals surface area contributed by atoms with E-state index in [-0.39, 0.29) is 17.2 Å². The first kappa shape index (κ1) is 16.0. The quantitative estimate of drug-likeness (QED) is 0.836. The Balaban J connectivity index is 2.45. The van der Waals surface area contributed by atoms with Crippen molar-refractivity contribution in [3.63, 3.8) is 0 Å². The molecule has 18 heavy (non-hydrogen) atoms. The van der Waals surface area contributed by atoms with Gasteiger partial charge in [0, 0.05) is 6.04 Å². The van der Waals surface area contributed by atoms with Gasteiger partial charge in [-0.25, -0.2) is 13.1 Å². The molecule has 0 unspecified atom stereocenters. The van der Waals surface area contributed by atoms with Crippen LogP contribution in [0.5, 0.6) is 0 Å². The molecule has 0 aromatic carbocycles. The number of hydrogen-bond acceptors (Lipinski definition) is 2. The zero-order chi connectivity index (χ0) is 13.8. The van der Waals surface area contributed by atoms with Crippen molar-refractivity contribution < 1.29 is 8.42 Å². The molecule has 0 aliphatic heterocycles. The van der Waals surface area contributed by atoms with Crippen molar-refractivity contribution in [2.75, 3.05) is 5.75 Å². The lowest BCUT2D eigenvalue weighted by Crippen LogP contribution is -2.40. The zero-order valence-electron chi connectivity index (χ0n) is 12.3. The molecule has 0 amide bonds. The molecular formula is C14H29NO2S. The number of nitrogens with one attached hydrogen (secondary N) is 1. The summed E-state index contributed by atoms with van der Waals surface area (Å²) in [5, 5.41) is 0. The van der Waals surface area contributed by atoms with Crippen molar-refractivity contribution in [3.8, 4) is 0 Å². The Morgan fingerprint density at radius 1 is 1.22 bits per heavy atom. The lowest BCUT2D eigenvalue weighted by Gasteiger charge is -2.29. The maximum atomic E-state index is 12.0. The van der Waals surface area contributed by atoms with Crippen LogP contribution >= 0.6 is 0 Å². The molecule has 0 bridgehead atoms. The molecule has 1 rings (SSSR count). The third kappa shape index (κ3) is 6.19. The predicted octanol–water partition coefficient (Wildman–Crippen LogP) is 3.31. The SMILES string of the molecule is CC[C@H]1CCC[C@H](NS(=O)(=O)CCC(C)(C)C)C1. The van der Waals surface area contributed by atoms with Gasteiger partial charge in [-0.2, -0.15) is 0 Å². The van der Waals surface area contributed by atoms with E-state index in [1.165, 1.54) is 12.8 Å².